The predicted octanol–water partition coefficient (Wildman–Crippen LogP) is 4.15. The molecule has 4 nitrogen and oxygen atoms in total. The van der Waals surface area contributed by atoms with Crippen LogP contribution in [0.1, 0.15) is 22.8 Å². The summed E-state index contributed by atoms with van der Waals surface area (Å²) in [5, 5.41) is 3.78. The molecular weight excluding hydrogens is 288 g/mol. The molecule has 0 bridgehead atoms. The summed E-state index contributed by atoms with van der Waals surface area (Å²) in [4.78, 5) is 11.6. The van der Waals surface area contributed by atoms with E-state index in [1.54, 1.807) is 25.1 Å². The first-order valence-corrected chi connectivity index (χ1v) is 6.99. The van der Waals surface area contributed by atoms with E-state index in [-0.39, 0.29) is 5.97 Å². The van der Waals surface area contributed by atoms with E-state index in [9.17, 15) is 4.79 Å². The van der Waals surface area contributed by atoms with E-state index in [1.807, 2.05) is 25.1 Å². The van der Waals surface area contributed by atoms with E-state index in [0.29, 0.717) is 28.6 Å². The van der Waals surface area contributed by atoms with Crippen molar-refractivity contribution in [2.75, 3.05) is 17.7 Å². The molecule has 2 aromatic rings. The van der Waals surface area contributed by atoms with E-state index >= 15 is 0 Å². The lowest BCUT2D eigenvalue weighted by Gasteiger charge is -2.12. The molecule has 0 aliphatic rings. The number of nitrogen functional groups attached to an aromatic ring is 1. The van der Waals surface area contributed by atoms with Crippen molar-refractivity contribution in [2.24, 2.45) is 0 Å². The highest BCUT2D eigenvalue weighted by Crippen LogP contribution is 2.29. The maximum Gasteiger partial charge on any atom is 0.338 e. The van der Waals surface area contributed by atoms with Crippen LogP contribution in [0.25, 0.3) is 0 Å². The number of hydrogen-bond acceptors (Lipinski definition) is 4. The summed E-state index contributed by atoms with van der Waals surface area (Å²) >= 11 is 6.14. The summed E-state index contributed by atoms with van der Waals surface area (Å²) in [5.74, 6) is -0.385. The molecule has 0 heterocycles. The quantitative estimate of drug-likeness (QED) is 0.658. The number of aryl methyl sites for hydroxylation is 1. The highest BCUT2D eigenvalue weighted by molar-refractivity contribution is 6.33. The number of rotatable bonds is 4. The molecule has 0 unspecified atom stereocenters. The van der Waals surface area contributed by atoms with E-state index in [1.165, 1.54) is 0 Å². The third kappa shape index (κ3) is 3.67. The fourth-order valence-electron chi connectivity index (χ4n) is 1.90. The number of nitrogens with two attached hydrogens (primary N) is 1. The Morgan fingerprint density at radius 3 is 2.67 bits per heavy atom. The smallest absolute Gasteiger partial charge is 0.338 e. The molecule has 0 aliphatic heterocycles. The summed E-state index contributed by atoms with van der Waals surface area (Å²) in [7, 11) is 0. The standard InChI is InChI=1S/C16H17ClN2O2/c1-3-21-16(20)11-5-7-14(13(18)9-11)19-15-8-10(2)4-6-12(15)17/h4-9,19H,3,18H2,1-2H3. The van der Waals surface area contributed by atoms with Gasteiger partial charge >= 0.3 is 5.97 Å². The van der Waals surface area contributed by atoms with Crippen LogP contribution in [0.5, 0.6) is 0 Å². The molecule has 2 rings (SSSR count). The number of ether oxygens (including phenoxy) is 1. The van der Waals surface area contributed by atoms with Crippen LogP contribution in [0.2, 0.25) is 5.02 Å². The van der Waals surface area contributed by atoms with Crippen LogP contribution in [0.3, 0.4) is 0 Å². The number of carbonyl (C=O) groups is 1. The third-order valence-corrected chi connectivity index (χ3v) is 3.28. The lowest BCUT2D eigenvalue weighted by atomic mass is 10.1. The Labute approximate surface area is 128 Å². The summed E-state index contributed by atoms with van der Waals surface area (Å²) in [6.45, 7) is 4.07. The Morgan fingerprint density at radius 1 is 1.24 bits per heavy atom. The summed E-state index contributed by atoms with van der Waals surface area (Å²) in [6, 6.07) is 10.7. The SMILES string of the molecule is CCOC(=O)c1ccc(Nc2cc(C)ccc2Cl)c(N)c1. The van der Waals surface area contributed by atoms with Crippen LogP contribution in [0, 0.1) is 6.92 Å². The van der Waals surface area contributed by atoms with Gasteiger partial charge in [-0.2, -0.15) is 0 Å². The average molecular weight is 305 g/mol. The van der Waals surface area contributed by atoms with Crippen molar-refractivity contribution in [3.05, 3.63) is 52.5 Å². The summed E-state index contributed by atoms with van der Waals surface area (Å²) in [5.41, 5.74) is 9.41. The van der Waals surface area contributed by atoms with Crippen molar-refractivity contribution >= 4 is 34.6 Å². The van der Waals surface area contributed by atoms with Gasteiger partial charge in [0.25, 0.3) is 0 Å². The second-order valence-electron chi connectivity index (χ2n) is 4.63. The Hall–Kier alpha value is -2.20. The van der Waals surface area contributed by atoms with Crippen LogP contribution >= 0.6 is 11.6 Å². The third-order valence-electron chi connectivity index (χ3n) is 2.95. The van der Waals surface area contributed by atoms with Gasteiger partial charge in [0.2, 0.25) is 0 Å². The number of benzene rings is 2. The van der Waals surface area contributed by atoms with E-state index in [4.69, 9.17) is 22.1 Å². The molecule has 0 saturated heterocycles. The maximum atomic E-state index is 11.6. The first-order chi connectivity index (χ1) is 10.0. The molecular formula is C16H17ClN2O2. The number of nitrogens with one attached hydrogen (secondary N) is 1. The molecule has 3 N–H and O–H groups in total. The largest absolute Gasteiger partial charge is 0.462 e. The zero-order valence-electron chi connectivity index (χ0n) is 11.9. The molecule has 0 aliphatic carbocycles. The minimum Gasteiger partial charge on any atom is -0.462 e. The van der Waals surface area contributed by atoms with Gasteiger partial charge in [-0.05, 0) is 49.7 Å². The van der Waals surface area contributed by atoms with E-state index in [2.05, 4.69) is 5.32 Å². The van der Waals surface area contributed by atoms with Gasteiger partial charge in [-0.15, -0.1) is 0 Å². The minimum atomic E-state index is -0.385. The van der Waals surface area contributed by atoms with Gasteiger partial charge in [-0.25, -0.2) is 4.79 Å². The number of hydrogen-bond donors (Lipinski definition) is 2. The highest BCUT2D eigenvalue weighted by atomic mass is 35.5. The Kier molecular flexibility index (Phi) is 4.70. The molecule has 0 amide bonds. The summed E-state index contributed by atoms with van der Waals surface area (Å²) < 4.78 is 4.94. The zero-order chi connectivity index (χ0) is 15.4. The van der Waals surface area contributed by atoms with Crippen LogP contribution in [0.15, 0.2) is 36.4 Å². The molecule has 0 spiro atoms. The Morgan fingerprint density at radius 2 is 2.00 bits per heavy atom. The van der Waals surface area contributed by atoms with Crippen molar-refractivity contribution in [2.45, 2.75) is 13.8 Å². The molecule has 110 valence electrons. The van der Waals surface area contributed by atoms with Crippen LogP contribution in [0.4, 0.5) is 17.1 Å². The zero-order valence-corrected chi connectivity index (χ0v) is 12.7. The molecule has 0 saturated carbocycles. The van der Waals surface area contributed by atoms with Gasteiger partial charge in [-0.1, -0.05) is 17.7 Å². The van der Waals surface area contributed by atoms with Crippen molar-refractivity contribution in [1.29, 1.82) is 0 Å². The fourth-order valence-corrected chi connectivity index (χ4v) is 2.06. The molecule has 0 atom stereocenters. The number of anilines is 3. The van der Waals surface area contributed by atoms with Gasteiger partial charge < -0.3 is 15.8 Å². The lowest BCUT2D eigenvalue weighted by molar-refractivity contribution is 0.0526. The van der Waals surface area contributed by atoms with Crippen molar-refractivity contribution in [3.63, 3.8) is 0 Å². The molecule has 0 fully saturated rings. The van der Waals surface area contributed by atoms with Gasteiger partial charge in [0.15, 0.2) is 0 Å². The highest BCUT2D eigenvalue weighted by Gasteiger charge is 2.10. The van der Waals surface area contributed by atoms with Gasteiger partial charge in [0.05, 0.1) is 34.3 Å². The van der Waals surface area contributed by atoms with Gasteiger partial charge in [0.1, 0.15) is 0 Å². The van der Waals surface area contributed by atoms with Crippen LogP contribution < -0.4 is 11.1 Å². The minimum absolute atomic E-state index is 0.331. The summed E-state index contributed by atoms with van der Waals surface area (Å²) in [6.07, 6.45) is 0. The fraction of sp³-hybridized carbons (Fsp3) is 0.188. The average Bonchev–Trinajstić information content (AvgIpc) is 2.45. The van der Waals surface area contributed by atoms with Crippen LogP contribution in [-0.2, 0) is 4.74 Å². The molecule has 2 aromatic carbocycles. The lowest BCUT2D eigenvalue weighted by Crippen LogP contribution is -2.06. The second kappa shape index (κ2) is 6.50. The van der Waals surface area contributed by atoms with Crippen LogP contribution in [-0.4, -0.2) is 12.6 Å². The Bertz CT molecular complexity index is 671. The van der Waals surface area contributed by atoms with Gasteiger partial charge in [0, 0.05) is 0 Å². The first-order valence-electron chi connectivity index (χ1n) is 6.61. The second-order valence-corrected chi connectivity index (χ2v) is 5.04. The van der Waals surface area contributed by atoms with E-state index in [0.717, 1.165) is 11.3 Å². The molecule has 0 aromatic heterocycles. The first kappa shape index (κ1) is 15.2. The monoisotopic (exact) mass is 304 g/mol. The molecule has 5 heteroatoms. The Balaban J connectivity index is 2.25. The normalized spacial score (nSPS) is 10.2. The topological polar surface area (TPSA) is 64.3 Å². The maximum absolute atomic E-state index is 11.6. The van der Waals surface area contributed by atoms with E-state index < -0.39 is 0 Å². The van der Waals surface area contributed by atoms with Crippen molar-refractivity contribution in [3.8, 4) is 0 Å². The number of carbonyl (C=O) groups excluding carboxylic acids is 1. The van der Waals surface area contributed by atoms with Gasteiger partial charge in [-0.3, -0.25) is 0 Å². The number of halogens is 1. The molecule has 21 heavy (non-hydrogen) atoms. The number of esters is 1. The van der Waals surface area contributed by atoms with Crippen molar-refractivity contribution < 1.29 is 9.53 Å². The predicted molar refractivity (Wildman–Crippen MR) is 86.3 cm³/mol. The van der Waals surface area contributed by atoms with Crippen molar-refractivity contribution in [1.82, 2.24) is 0 Å². The molecule has 0 radical (unpaired) electrons.